The number of nitrogens with zero attached hydrogens (tertiary/aromatic N) is 5. The average molecular weight is 403 g/mol. The van der Waals surface area contributed by atoms with Gasteiger partial charge in [-0.05, 0) is 19.9 Å². The Morgan fingerprint density at radius 1 is 1.34 bits per heavy atom. The Morgan fingerprint density at radius 2 is 2.07 bits per heavy atom. The molecular weight excluding hydrogens is 377 g/mol. The zero-order valence-electron chi connectivity index (χ0n) is 16.6. The number of nitrogens with one attached hydrogen (secondary N) is 1. The molecule has 0 aliphatic carbocycles. The fourth-order valence-corrected chi connectivity index (χ4v) is 3.30. The minimum absolute atomic E-state index is 0.0726. The highest BCUT2D eigenvalue weighted by Gasteiger charge is 2.36. The first-order chi connectivity index (χ1) is 13.8. The molecule has 3 N–H and O–H groups in total. The third-order valence-corrected chi connectivity index (χ3v) is 5.10. The lowest BCUT2D eigenvalue weighted by Crippen LogP contribution is -2.50. The molecule has 1 fully saturated rings. The lowest BCUT2D eigenvalue weighted by atomic mass is 9.93. The number of aromatic nitrogens is 4. The van der Waals surface area contributed by atoms with Crippen LogP contribution in [0.1, 0.15) is 48.4 Å². The number of rotatable bonds is 6. The maximum absolute atomic E-state index is 15.1. The maximum Gasteiger partial charge on any atom is 0.274 e. The molecule has 0 bridgehead atoms. The van der Waals surface area contributed by atoms with Crippen LogP contribution >= 0.6 is 0 Å². The van der Waals surface area contributed by atoms with Crippen molar-refractivity contribution < 1.29 is 14.0 Å². The third kappa shape index (κ3) is 5.27. The molecule has 1 saturated heterocycles. The second-order valence-corrected chi connectivity index (χ2v) is 7.54. The quantitative estimate of drug-likeness (QED) is 0.750. The molecule has 2 aromatic rings. The summed E-state index contributed by atoms with van der Waals surface area (Å²) in [7, 11) is 0. The van der Waals surface area contributed by atoms with Crippen molar-refractivity contribution in [1.29, 1.82) is 0 Å². The summed E-state index contributed by atoms with van der Waals surface area (Å²) in [6.07, 6.45) is 5.03. The van der Waals surface area contributed by atoms with Crippen molar-refractivity contribution >= 4 is 17.6 Å². The van der Waals surface area contributed by atoms with Gasteiger partial charge in [-0.15, -0.1) is 0 Å². The van der Waals surface area contributed by atoms with E-state index in [1.165, 1.54) is 17.3 Å². The highest BCUT2D eigenvalue weighted by Crippen LogP contribution is 2.27. The lowest BCUT2D eigenvalue weighted by Gasteiger charge is -2.36. The van der Waals surface area contributed by atoms with Gasteiger partial charge in [0.2, 0.25) is 5.91 Å². The molecule has 156 valence electrons. The fourth-order valence-electron chi connectivity index (χ4n) is 3.30. The molecule has 1 unspecified atom stereocenters. The van der Waals surface area contributed by atoms with E-state index in [-0.39, 0.29) is 68.3 Å². The van der Waals surface area contributed by atoms with E-state index in [2.05, 4.69) is 20.4 Å². The van der Waals surface area contributed by atoms with Gasteiger partial charge in [-0.1, -0.05) is 0 Å². The first kappa shape index (κ1) is 20.7. The molecular formula is C19H26FN7O2. The number of nitrogens with two attached hydrogens (primary N) is 1. The zero-order chi connectivity index (χ0) is 21.0. The second kappa shape index (κ2) is 8.54. The Morgan fingerprint density at radius 3 is 2.69 bits per heavy atom. The number of nitrogen functional groups attached to an aromatic ring is 1. The molecule has 1 aliphatic rings. The molecule has 0 saturated carbocycles. The number of carbonyl (C=O) groups excluding carboxylic acids is 2. The van der Waals surface area contributed by atoms with E-state index in [9.17, 15) is 9.59 Å². The van der Waals surface area contributed by atoms with Crippen molar-refractivity contribution in [3.8, 4) is 0 Å². The van der Waals surface area contributed by atoms with Crippen LogP contribution in [0.4, 0.5) is 10.2 Å². The Hall–Kier alpha value is -3.04. The van der Waals surface area contributed by atoms with E-state index in [4.69, 9.17) is 5.73 Å². The van der Waals surface area contributed by atoms with Crippen LogP contribution in [0.3, 0.4) is 0 Å². The molecule has 0 spiro atoms. The fraction of sp³-hybridized carbons (Fsp3) is 0.526. The summed E-state index contributed by atoms with van der Waals surface area (Å²) in [6, 6.07) is 1.76. The van der Waals surface area contributed by atoms with Gasteiger partial charge in [-0.2, -0.15) is 5.10 Å². The van der Waals surface area contributed by atoms with Gasteiger partial charge in [0, 0.05) is 38.5 Å². The summed E-state index contributed by atoms with van der Waals surface area (Å²) in [4.78, 5) is 34.0. The Balaban J connectivity index is 1.46. The molecule has 0 aromatic carbocycles. The number of aryl methyl sites for hydroxylation is 1. The monoisotopic (exact) mass is 403 g/mol. The van der Waals surface area contributed by atoms with Crippen molar-refractivity contribution in [2.45, 2.75) is 44.8 Å². The minimum atomic E-state index is -1.54. The highest BCUT2D eigenvalue weighted by molar-refractivity contribution is 5.92. The maximum atomic E-state index is 15.1. The van der Waals surface area contributed by atoms with Gasteiger partial charge in [0.1, 0.15) is 17.2 Å². The predicted molar refractivity (Wildman–Crippen MR) is 105 cm³/mol. The van der Waals surface area contributed by atoms with Crippen molar-refractivity contribution in [1.82, 2.24) is 30.0 Å². The molecule has 2 aromatic heterocycles. The van der Waals surface area contributed by atoms with Gasteiger partial charge in [0.25, 0.3) is 5.91 Å². The molecule has 2 amide bonds. The Bertz CT molecular complexity index is 877. The van der Waals surface area contributed by atoms with Gasteiger partial charge in [-0.25, -0.2) is 9.37 Å². The minimum Gasteiger partial charge on any atom is -0.382 e. The van der Waals surface area contributed by atoms with Gasteiger partial charge >= 0.3 is 0 Å². The number of piperidine rings is 1. The van der Waals surface area contributed by atoms with Crippen molar-refractivity contribution in [2.75, 3.05) is 25.4 Å². The molecule has 3 rings (SSSR count). The summed E-state index contributed by atoms with van der Waals surface area (Å²) in [5.41, 5.74) is 5.04. The number of hydrogen-bond acceptors (Lipinski definition) is 6. The van der Waals surface area contributed by atoms with Crippen LogP contribution in [0.15, 0.2) is 24.7 Å². The molecule has 1 atom stereocenters. The summed E-state index contributed by atoms with van der Waals surface area (Å²) in [5.74, 6) is -0.384. The summed E-state index contributed by atoms with van der Waals surface area (Å²) < 4.78 is 16.8. The van der Waals surface area contributed by atoms with Crippen molar-refractivity contribution in [2.24, 2.45) is 0 Å². The smallest absolute Gasteiger partial charge is 0.274 e. The van der Waals surface area contributed by atoms with Gasteiger partial charge < -0.3 is 16.0 Å². The van der Waals surface area contributed by atoms with Crippen LogP contribution in [0.5, 0.6) is 0 Å². The Labute approximate surface area is 168 Å². The average Bonchev–Trinajstić information content (AvgIpc) is 3.13. The van der Waals surface area contributed by atoms with Crippen LogP contribution in [0.25, 0.3) is 0 Å². The number of hydrogen-bond donors (Lipinski definition) is 2. The van der Waals surface area contributed by atoms with Crippen LogP contribution in [-0.2, 0) is 4.79 Å². The molecule has 10 heteroatoms. The summed E-state index contributed by atoms with van der Waals surface area (Å²) in [5, 5.41) is 6.98. The molecule has 3 heterocycles. The number of alkyl halides is 1. The topological polar surface area (TPSA) is 119 Å². The van der Waals surface area contributed by atoms with Crippen LogP contribution < -0.4 is 11.1 Å². The van der Waals surface area contributed by atoms with Gasteiger partial charge in [0.05, 0.1) is 30.7 Å². The number of halogens is 1. The van der Waals surface area contributed by atoms with Crippen LogP contribution in [0.2, 0.25) is 0 Å². The molecule has 0 radical (unpaired) electrons. The summed E-state index contributed by atoms with van der Waals surface area (Å²) in [6.45, 7) is 4.18. The van der Waals surface area contributed by atoms with Crippen molar-refractivity contribution in [3.05, 3.63) is 36.0 Å². The first-order valence-corrected chi connectivity index (χ1v) is 9.60. The van der Waals surface area contributed by atoms with Crippen LogP contribution in [0, 0.1) is 6.92 Å². The highest BCUT2D eigenvalue weighted by atomic mass is 19.1. The number of likely N-dealkylation sites (tertiary alicyclic amines) is 1. The second-order valence-electron chi connectivity index (χ2n) is 7.54. The largest absolute Gasteiger partial charge is 0.382 e. The third-order valence-electron chi connectivity index (χ3n) is 5.10. The number of carbonyl (C=O) groups is 2. The number of amides is 2. The number of anilines is 1. The van der Waals surface area contributed by atoms with E-state index in [1.54, 1.807) is 4.68 Å². The lowest BCUT2D eigenvalue weighted by molar-refractivity contribution is -0.122. The predicted octanol–water partition coefficient (Wildman–Crippen LogP) is 1.28. The Kier molecular flexibility index (Phi) is 6.09. The zero-order valence-corrected chi connectivity index (χ0v) is 16.6. The van der Waals surface area contributed by atoms with E-state index in [0.717, 1.165) is 5.69 Å². The van der Waals surface area contributed by atoms with E-state index in [1.807, 2.05) is 26.1 Å². The van der Waals surface area contributed by atoms with Crippen LogP contribution in [-0.4, -0.2) is 61.8 Å². The summed E-state index contributed by atoms with van der Waals surface area (Å²) >= 11 is 0. The van der Waals surface area contributed by atoms with E-state index >= 15 is 4.39 Å². The molecule has 29 heavy (non-hydrogen) atoms. The van der Waals surface area contributed by atoms with E-state index in [0.29, 0.717) is 0 Å². The van der Waals surface area contributed by atoms with E-state index < -0.39 is 5.67 Å². The van der Waals surface area contributed by atoms with Crippen molar-refractivity contribution in [3.63, 3.8) is 0 Å². The first-order valence-electron chi connectivity index (χ1n) is 9.60. The van der Waals surface area contributed by atoms with Gasteiger partial charge in [-0.3, -0.25) is 19.3 Å². The molecule has 1 aliphatic heterocycles. The standard InChI is InChI=1S/C19H26FN7O2/c1-13-3-6-27(25-13)14(2)9-17(28)23-12-19(20)4-7-26(8-5-19)18(29)15-10-22-11-16(21)24-15/h3,6,10-11,14H,4-5,7-9,12H2,1-2H3,(H2,21,24)(H,23,28). The van der Waals surface area contributed by atoms with Gasteiger partial charge in [0.15, 0.2) is 0 Å². The normalized spacial score (nSPS) is 17.0. The molecule has 9 nitrogen and oxygen atoms in total. The SMILES string of the molecule is Cc1ccn(C(C)CC(=O)NCC2(F)CCN(C(=O)c3cncc(N)n3)CC2)n1.